The van der Waals surface area contributed by atoms with E-state index in [0.717, 1.165) is 0 Å². The fourth-order valence-corrected chi connectivity index (χ4v) is 0.283. The van der Waals surface area contributed by atoms with Crippen LogP contribution in [0.5, 0.6) is 0 Å². The molecule has 0 fully saturated rings. The summed E-state index contributed by atoms with van der Waals surface area (Å²) in [6, 6.07) is 0. The Morgan fingerprint density at radius 2 is 2.14 bits per heavy atom. The van der Waals surface area contributed by atoms with Crippen molar-refractivity contribution in [1.29, 1.82) is 0 Å². The molecule has 0 saturated carbocycles. The van der Waals surface area contributed by atoms with Gasteiger partial charge >= 0.3 is 0 Å². The number of halogens is 2. The van der Waals surface area contributed by atoms with Crippen molar-refractivity contribution >= 4 is 32.4 Å². The molecule has 0 aliphatic heterocycles. The van der Waals surface area contributed by atoms with Gasteiger partial charge in [-0.1, -0.05) is 0 Å². The molecule has 0 spiro atoms. The molecule has 46 valence electrons. The van der Waals surface area contributed by atoms with Crippen LogP contribution in [0.3, 0.4) is 0 Å². The molecule has 0 rings (SSSR count). The van der Waals surface area contributed by atoms with Crippen molar-refractivity contribution < 1.29 is 9.04 Å². The number of hydrogen-bond donors (Lipinski definition) is 2. The van der Waals surface area contributed by atoms with Crippen LogP contribution in [0.15, 0.2) is 0 Å². The second-order valence-corrected chi connectivity index (χ2v) is 0.834. The van der Waals surface area contributed by atoms with Crippen molar-refractivity contribution in [3.8, 4) is 0 Å². The van der Waals surface area contributed by atoms with Gasteiger partial charge in [0, 0.05) is 16.1 Å². The molecule has 0 heterocycles. The van der Waals surface area contributed by atoms with Crippen LogP contribution >= 0.6 is 32.4 Å². The number of nitrogens with one attached hydrogen (secondary N) is 1. The largest absolute Gasteiger partial charge is 0.324 e. The zero-order valence-corrected chi connectivity index (χ0v) is 6.99. The average molecular weight is 237 g/mol. The van der Waals surface area contributed by atoms with Crippen molar-refractivity contribution in [2.45, 2.75) is 6.92 Å². The number of hydrogen-bond acceptors (Lipinski definition) is 3. The fourth-order valence-electron chi connectivity index (χ4n) is 0.0546. The molecule has 0 aromatic heterocycles. The lowest BCUT2D eigenvalue weighted by Gasteiger charge is -1.86. The first kappa shape index (κ1) is 10.8. The molecule has 0 saturated heterocycles. The summed E-state index contributed by atoms with van der Waals surface area (Å²) in [7, 11) is 0. The minimum Gasteiger partial charge on any atom is -0.324 e. The molecule has 0 unspecified atom stereocenters. The standard InChI is InChI=1S/C2H6BrNO.BrHO/c1-2-5-4-3;1-2/h4H,2H2,1H3;2H. The van der Waals surface area contributed by atoms with Crippen molar-refractivity contribution in [3.63, 3.8) is 0 Å². The highest BCUT2D eigenvalue weighted by Crippen LogP contribution is 1.66. The highest BCUT2D eigenvalue weighted by molar-refractivity contribution is 9.07. The molecule has 0 radical (unpaired) electrons. The smallest absolute Gasteiger partial charge is 0.0957 e. The third kappa shape index (κ3) is 19.9. The lowest BCUT2D eigenvalue weighted by atomic mass is 10.9. The molecular formula is C2H7Br2NO2. The van der Waals surface area contributed by atoms with Crippen LogP contribution in [-0.2, 0) is 4.84 Å². The summed E-state index contributed by atoms with van der Waals surface area (Å²) in [5, 5.41) is 0. The van der Waals surface area contributed by atoms with E-state index < -0.39 is 0 Å². The van der Waals surface area contributed by atoms with E-state index in [-0.39, 0.29) is 0 Å². The van der Waals surface area contributed by atoms with E-state index in [0.29, 0.717) is 6.61 Å². The van der Waals surface area contributed by atoms with E-state index in [2.05, 4.69) is 25.5 Å². The maximum atomic E-state index is 6.81. The summed E-state index contributed by atoms with van der Waals surface area (Å²) in [6.45, 7) is 2.58. The summed E-state index contributed by atoms with van der Waals surface area (Å²) in [6.07, 6.45) is 0. The average Bonchev–Trinajstić information content (AvgIpc) is 1.75. The maximum Gasteiger partial charge on any atom is 0.0957 e. The summed E-state index contributed by atoms with van der Waals surface area (Å²) in [4.78, 5) is 4.50. The Bertz CT molecular complexity index is 21.2. The van der Waals surface area contributed by atoms with E-state index in [9.17, 15) is 0 Å². The zero-order chi connectivity index (χ0) is 6.12. The van der Waals surface area contributed by atoms with Crippen LogP contribution in [0.4, 0.5) is 0 Å². The van der Waals surface area contributed by atoms with Gasteiger partial charge in [0.1, 0.15) is 0 Å². The Labute approximate surface area is 59.8 Å². The van der Waals surface area contributed by atoms with E-state index in [1.165, 1.54) is 0 Å². The van der Waals surface area contributed by atoms with Gasteiger partial charge in [0.05, 0.1) is 22.9 Å². The van der Waals surface area contributed by atoms with Gasteiger partial charge in [0.25, 0.3) is 0 Å². The highest BCUT2D eigenvalue weighted by Gasteiger charge is 1.63. The highest BCUT2D eigenvalue weighted by atomic mass is 79.9. The Morgan fingerprint density at radius 3 is 2.14 bits per heavy atom. The van der Waals surface area contributed by atoms with Crippen molar-refractivity contribution in [1.82, 2.24) is 4.51 Å². The van der Waals surface area contributed by atoms with Crippen LogP contribution in [-0.4, -0.2) is 10.8 Å². The van der Waals surface area contributed by atoms with Gasteiger partial charge in [-0.25, -0.2) is 0 Å². The Morgan fingerprint density at radius 1 is 1.71 bits per heavy atom. The van der Waals surface area contributed by atoms with E-state index in [1.807, 2.05) is 23.2 Å². The minimum absolute atomic E-state index is 0.686. The van der Waals surface area contributed by atoms with E-state index in [1.54, 1.807) is 0 Å². The van der Waals surface area contributed by atoms with Gasteiger partial charge < -0.3 is 4.20 Å². The van der Waals surface area contributed by atoms with Crippen molar-refractivity contribution in [3.05, 3.63) is 0 Å². The molecule has 7 heavy (non-hydrogen) atoms. The molecule has 0 bridgehead atoms. The zero-order valence-electron chi connectivity index (χ0n) is 3.82. The first-order chi connectivity index (χ1) is 3.41. The summed E-state index contributed by atoms with van der Waals surface area (Å²) in [5.41, 5.74) is 0. The third-order valence-corrected chi connectivity index (χ3v) is 0.428. The second kappa shape index (κ2) is 15.8. The van der Waals surface area contributed by atoms with Crippen molar-refractivity contribution in [2.75, 3.05) is 6.61 Å². The normalized spacial score (nSPS) is 6.86. The Hall–Kier alpha value is 0.840. The minimum atomic E-state index is 0.686. The lowest BCUT2D eigenvalue weighted by molar-refractivity contribution is 0.119. The van der Waals surface area contributed by atoms with Gasteiger partial charge in [-0.2, -0.15) is 0 Å². The van der Waals surface area contributed by atoms with Crippen LogP contribution in [0.25, 0.3) is 0 Å². The first-order valence-corrected chi connectivity index (χ1v) is 3.06. The summed E-state index contributed by atoms with van der Waals surface area (Å²) >= 11 is 4.77. The maximum absolute atomic E-state index is 6.81. The molecule has 0 atom stereocenters. The van der Waals surface area contributed by atoms with Crippen LogP contribution in [0.2, 0.25) is 0 Å². The van der Waals surface area contributed by atoms with Gasteiger partial charge in [-0.05, 0) is 6.92 Å². The van der Waals surface area contributed by atoms with Gasteiger partial charge in [0.2, 0.25) is 0 Å². The molecule has 0 aromatic carbocycles. The second-order valence-electron chi connectivity index (χ2n) is 0.510. The first-order valence-electron chi connectivity index (χ1n) is 1.56. The van der Waals surface area contributed by atoms with E-state index in [4.69, 9.17) is 4.20 Å². The molecule has 5 heteroatoms. The van der Waals surface area contributed by atoms with Gasteiger partial charge in [-0.3, -0.25) is 4.84 Å². The fraction of sp³-hybridized carbons (Fsp3) is 1.00. The molecule has 0 amide bonds. The Kier molecular flexibility index (Phi) is 24.3. The Balaban J connectivity index is 0. The molecule has 0 aliphatic rings. The number of rotatable bonds is 2. The third-order valence-electron chi connectivity index (χ3n) is 0.199. The predicted octanol–water partition coefficient (Wildman–Crippen LogP) is 1.13. The van der Waals surface area contributed by atoms with Gasteiger partial charge in [0.15, 0.2) is 0 Å². The molecule has 3 nitrogen and oxygen atoms in total. The van der Waals surface area contributed by atoms with Crippen LogP contribution < -0.4 is 4.51 Å². The molecular weight excluding hydrogens is 230 g/mol. The van der Waals surface area contributed by atoms with Crippen LogP contribution in [0, 0.1) is 0 Å². The lowest BCUT2D eigenvalue weighted by Crippen LogP contribution is -1.96. The topological polar surface area (TPSA) is 41.5 Å². The molecule has 2 N–H and O–H groups in total. The molecule has 0 aliphatic carbocycles. The van der Waals surface area contributed by atoms with E-state index >= 15 is 0 Å². The van der Waals surface area contributed by atoms with Crippen molar-refractivity contribution in [2.24, 2.45) is 0 Å². The summed E-state index contributed by atoms with van der Waals surface area (Å²) < 4.78 is 9.14. The summed E-state index contributed by atoms with van der Waals surface area (Å²) in [5.74, 6) is 0. The predicted molar refractivity (Wildman–Crippen MR) is 34.8 cm³/mol. The SMILES string of the molecule is CCONBr.OBr. The van der Waals surface area contributed by atoms with Gasteiger partial charge in [-0.15, -0.1) is 4.51 Å². The monoisotopic (exact) mass is 235 g/mol. The van der Waals surface area contributed by atoms with Crippen LogP contribution in [0.1, 0.15) is 6.92 Å². The quantitative estimate of drug-likeness (QED) is 0.558. The molecule has 0 aromatic rings.